The Morgan fingerprint density at radius 3 is 2.56 bits per heavy atom. The Kier molecular flexibility index (Phi) is 3.65. The van der Waals surface area contributed by atoms with Crippen LogP contribution in [0.15, 0.2) is 18.2 Å². The van der Waals surface area contributed by atoms with E-state index in [0.717, 1.165) is 37.1 Å². The van der Waals surface area contributed by atoms with Crippen molar-refractivity contribution >= 4 is 34.3 Å². The molecule has 0 unspecified atom stereocenters. The van der Waals surface area contributed by atoms with Gasteiger partial charge in [0.1, 0.15) is 0 Å². The van der Waals surface area contributed by atoms with Crippen LogP contribution in [-0.2, 0) is 11.8 Å². The van der Waals surface area contributed by atoms with Crippen molar-refractivity contribution < 1.29 is 9.59 Å². The zero-order valence-corrected chi connectivity index (χ0v) is 15.5. The van der Waals surface area contributed by atoms with Crippen molar-refractivity contribution in [3.8, 4) is 0 Å². The Labute approximate surface area is 157 Å². The molecule has 3 fully saturated rings. The highest BCUT2D eigenvalue weighted by Gasteiger charge is 2.40. The Balaban J connectivity index is 1.49. The lowest BCUT2D eigenvalue weighted by Crippen LogP contribution is -2.58. The predicted molar refractivity (Wildman–Crippen MR) is 103 cm³/mol. The van der Waals surface area contributed by atoms with Crippen LogP contribution in [-0.4, -0.2) is 54.4 Å². The largest absolute Gasteiger partial charge is 0.370 e. The fourth-order valence-corrected chi connectivity index (χ4v) is 4.57. The molecular weight excluding hydrogens is 344 g/mol. The highest BCUT2D eigenvalue weighted by atomic mass is 16.2. The molecule has 3 aliphatic rings. The van der Waals surface area contributed by atoms with Gasteiger partial charge in [-0.3, -0.25) is 19.7 Å². The summed E-state index contributed by atoms with van der Waals surface area (Å²) in [4.78, 5) is 27.8. The molecule has 0 atom stereocenters. The lowest BCUT2D eigenvalue weighted by molar-refractivity contribution is -0.120. The third-order valence-corrected chi connectivity index (χ3v) is 6.30. The second-order valence-electron chi connectivity index (χ2n) is 7.97. The van der Waals surface area contributed by atoms with Crippen LogP contribution in [0, 0.1) is 5.41 Å². The summed E-state index contributed by atoms with van der Waals surface area (Å²) >= 11 is 0. The molecule has 3 aliphatic heterocycles. The minimum atomic E-state index is -0.394. The molecule has 8 heteroatoms. The summed E-state index contributed by atoms with van der Waals surface area (Å²) in [5, 5.41) is 11.4. The van der Waals surface area contributed by atoms with E-state index in [1.807, 2.05) is 23.9 Å². The van der Waals surface area contributed by atoms with E-state index >= 15 is 0 Å². The van der Waals surface area contributed by atoms with E-state index in [0.29, 0.717) is 24.2 Å². The first-order chi connectivity index (χ1) is 13.1. The zero-order valence-electron chi connectivity index (χ0n) is 15.5. The Morgan fingerprint density at radius 2 is 1.89 bits per heavy atom. The number of carbonyl (C=O) groups is 2. The molecule has 0 bridgehead atoms. The highest BCUT2D eigenvalue weighted by molar-refractivity contribution is 6.10. The second kappa shape index (κ2) is 5.95. The number of carbonyl (C=O) groups excluding carboxylic acids is 2. The van der Waals surface area contributed by atoms with Gasteiger partial charge in [0.05, 0.1) is 11.2 Å². The van der Waals surface area contributed by atoms with Crippen LogP contribution in [0.4, 0.5) is 16.3 Å². The average molecular weight is 368 g/mol. The highest BCUT2D eigenvalue weighted by Crippen LogP contribution is 2.39. The average Bonchev–Trinajstić information content (AvgIpc) is 2.97. The molecule has 0 saturated carbocycles. The van der Waals surface area contributed by atoms with Crippen molar-refractivity contribution in [1.82, 2.24) is 20.4 Å². The van der Waals surface area contributed by atoms with Gasteiger partial charge < -0.3 is 10.2 Å². The number of nitrogens with one attached hydrogen (secondary N) is 2. The first-order valence-corrected chi connectivity index (χ1v) is 9.59. The van der Waals surface area contributed by atoms with Crippen LogP contribution >= 0.6 is 0 Å². The minimum Gasteiger partial charge on any atom is -0.370 e. The maximum Gasteiger partial charge on any atom is 0.329 e. The predicted octanol–water partition coefficient (Wildman–Crippen LogP) is 1.21. The van der Waals surface area contributed by atoms with E-state index in [4.69, 9.17) is 0 Å². The summed E-state index contributed by atoms with van der Waals surface area (Å²) in [6.07, 6.45) is 2.71. The number of urea groups is 1. The molecule has 1 aromatic carbocycles. The first-order valence-electron chi connectivity index (χ1n) is 9.59. The number of benzene rings is 1. The quantitative estimate of drug-likeness (QED) is 0.833. The third kappa shape index (κ3) is 2.58. The number of aryl methyl sites for hydroxylation is 1. The van der Waals surface area contributed by atoms with E-state index in [-0.39, 0.29) is 5.91 Å². The van der Waals surface area contributed by atoms with Gasteiger partial charge in [-0.2, -0.15) is 5.10 Å². The van der Waals surface area contributed by atoms with Crippen molar-refractivity contribution in [2.75, 3.05) is 42.5 Å². The minimum absolute atomic E-state index is 0.232. The van der Waals surface area contributed by atoms with E-state index in [9.17, 15) is 9.59 Å². The molecule has 2 N–H and O–H groups in total. The van der Waals surface area contributed by atoms with E-state index < -0.39 is 6.03 Å². The number of nitrogens with zero attached hydrogens (tertiary/aromatic N) is 4. The first kappa shape index (κ1) is 16.6. The van der Waals surface area contributed by atoms with Gasteiger partial charge in [0.25, 0.3) is 0 Å². The summed E-state index contributed by atoms with van der Waals surface area (Å²) in [6, 6.07) is 5.79. The summed E-state index contributed by atoms with van der Waals surface area (Å²) in [6.45, 7) is 4.73. The molecule has 4 heterocycles. The Bertz CT molecular complexity index is 922. The third-order valence-electron chi connectivity index (χ3n) is 6.30. The number of hydrogen-bond donors (Lipinski definition) is 2. The van der Waals surface area contributed by atoms with Crippen molar-refractivity contribution in [3.63, 3.8) is 0 Å². The molecule has 0 aliphatic carbocycles. The molecule has 3 saturated heterocycles. The monoisotopic (exact) mass is 368 g/mol. The van der Waals surface area contributed by atoms with Crippen molar-refractivity contribution in [3.05, 3.63) is 18.2 Å². The number of rotatable bonds is 2. The van der Waals surface area contributed by atoms with Gasteiger partial charge in [0.2, 0.25) is 5.91 Å². The van der Waals surface area contributed by atoms with E-state index in [2.05, 4.69) is 26.7 Å². The van der Waals surface area contributed by atoms with Crippen molar-refractivity contribution in [1.29, 1.82) is 0 Å². The van der Waals surface area contributed by atoms with Crippen LogP contribution in [0.1, 0.15) is 19.3 Å². The van der Waals surface area contributed by atoms with Gasteiger partial charge in [0, 0.05) is 51.6 Å². The number of amides is 3. The maximum absolute atomic E-state index is 12.3. The second-order valence-corrected chi connectivity index (χ2v) is 7.97. The topological polar surface area (TPSA) is 82.5 Å². The van der Waals surface area contributed by atoms with Crippen LogP contribution < -0.4 is 20.4 Å². The number of imide groups is 1. The van der Waals surface area contributed by atoms with Crippen LogP contribution in [0.25, 0.3) is 10.9 Å². The lowest BCUT2D eigenvalue weighted by atomic mass is 9.73. The van der Waals surface area contributed by atoms with Crippen LogP contribution in [0.3, 0.4) is 0 Å². The number of piperidine rings is 1. The SMILES string of the molecule is Cn1nc(N2CCC(=O)NC2=O)c2cccc(N3CCC4(CC3)CNC4)c21. The molecule has 3 amide bonds. The number of anilines is 2. The van der Waals surface area contributed by atoms with Gasteiger partial charge in [0.15, 0.2) is 5.82 Å². The molecule has 1 aromatic heterocycles. The molecule has 1 spiro atoms. The Hall–Kier alpha value is -2.61. The fraction of sp³-hybridized carbons (Fsp3) is 0.526. The summed E-state index contributed by atoms with van der Waals surface area (Å²) < 4.78 is 1.86. The number of para-hydroxylation sites is 1. The fourth-order valence-electron chi connectivity index (χ4n) is 4.57. The number of aromatic nitrogens is 2. The van der Waals surface area contributed by atoms with E-state index in [1.165, 1.54) is 18.5 Å². The molecular formula is C19H24N6O2. The van der Waals surface area contributed by atoms with Crippen LogP contribution in [0.2, 0.25) is 0 Å². The Morgan fingerprint density at radius 1 is 1.11 bits per heavy atom. The normalized spacial score (nSPS) is 22.3. The number of fused-ring (bicyclic) bond motifs is 1. The summed E-state index contributed by atoms with van der Waals surface area (Å²) in [7, 11) is 1.92. The number of hydrogen-bond acceptors (Lipinski definition) is 5. The zero-order chi connectivity index (χ0) is 18.6. The molecule has 5 rings (SSSR count). The van der Waals surface area contributed by atoms with Crippen molar-refractivity contribution in [2.24, 2.45) is 12.5 Å². The maximum atomic E-state index is 12.3. The molecule has 27 heavy (non-hydrogen) atoms. The van der Waals surface area contributed by atoms with Gasteiger partial charge >= 0.3 is 6.03 Å². The smallest absolute Gasteiger partial charge is 0.329 e. The van der Waals surface area contributed by atoms with Gasteiger partial charge in [-0.25, -0.2) is 4.79 Å². The van der Waals surface area contributed by atoms with E-state index in [1.54, 1.807) is 4.90 Å². The summed E-state index contributed by atoms with van der Waals surface area (Å²) in [5.74, 6) is 0.390. The summed E-state index contributed by atoms with van der Waals surface area (Å²) in [5.41, 5.74) is 2.71. The van der Waals surface area contributed by atoms with Gasteiger partial charge in [-0.1, -0.05) is 6.07 Å². The van der Waals surface area contributed by atoms with Gasteiger partial charge in [-0.05, 0) is 30.4 Å². The standard InChI is InChI=1S/C19H24N6O2/c1-23-16-13(17(22-23)25-8-5-15(26)21-18(25)27)3-2-4-14(16)24-9-6-19(7-10-24)11-20-12-19/h2-4,20H,5-12H2,1H3,(H,21,26,27). The molecule has 142 valence electrons. The molecule has 2 aromatic rings. The van der Waals surface area contributed by atoms with Gasteiger partial charge in [-0.15, -0.1) is 0 Å². The molecule has 8 nitrogen and oxygen atoms in total. The molecule has 0 radical (unpaired) electrons. The van der Waals surface area contributed by atoms with Crippen LogP contribution in [0.5, 0.6) is 0 Å². The lowest BCUT2D eigenvalue weighted by Gasteiger charge is -2.49. The van der Waals surface area contributed by atoms with Crippen molar-refractivity contribution in [2.45, 2.75) is 19.3 Å².